The highest BCUT2D eigenvalue weighted by molar-refractivity contribution is 5.98. The van der Waals surface area contributed by atoms with Crippen molar-refractivity contribution in [2.24, 2.45) is 39.9 Å². The number of benzene rings is 2. The molecule has 1 fully saturated rings. The molecule has 1 aliphatic rings. The second-order valence-corrected chi connectivity index (χ2v) is 19.5. The number of carbonyl (C=O) groups is 10. The van der Waals surface area contributed by atoms with Crippen LogP contribution in [0.15, 0.2) is 78.3 Å². The van der Waals surface area contributed by atoms with Crippen LogP contribution in [0.2, 0.25) is 0 Å². The van der Waals surface area contributed by atoms with Gasteiger partial charge < -0.3 is 59.1 Å². The van der Waals surface area contributed by atoms with Gasteiger partial charge in [0.15, 0.2) is 11.7 Å². The largest absolute Gasteiger partial charge is 0.370 e. The molecule has 5 rings (SSSR count). The number of rotatable bonds is 20. The Morgan fingerprint density at radius 1 is 0.818 bits per heavy atom. The molecule has 1 aliphatic heterocycles. The molecule has 2 aromatic heterocycles. The Morgan fingerprint density at radius 3 is 2.22 bits per heavy atom. The highest BCUT2D eigenvalue weighted by atomic mass is 16.2. The molecular weight excluding hydrogens is 991 g/mol. The van der Waals surface area contributed by atoms with Gasteiger partial charge in [0.2, 0.25) is 41.4 Å². The van der Waals surface area contributed by atoms with Gasteiger partial charge in [0.1, 0.15) is 29.7 Å². The summed E-state index contributed by atoms with van der Waals surface area (Å²) in [6.07, 6.45) is 4.13. The van der Waals surface area contributed by atoms with Crippen LogP contribution in [0.3, 0.4) is 0 Å². The monoisotopic (exact) mass is 1060 g/mol. The number of para-hydroxylation sites is 1. The molecule has 0 unspecified atom stereocenters. The normalized spacial score (nSPS) is 20.4. The van der Waals surface area contributed by atoms with Crippen molar-refractivity contribution in [3.63, 3.8) is 0 Å². The fraction of sp³-hybridized carbons (Fsp3) is 0.481. The minimum atomic E-state index is -1.39. The summed E-state index contributed by atoms with van der Waals surface area (Å²) in [5.41, 5.74) is 19.7. The summed E-state index contributed by atoms with van der Waals surface area (Å²) in [6.45, 7) is 2.71. The van der Waals surface area contributed by atoms with Gasteiger partial charge in [0.05, 0.1) is 12.4 Å². The van der Waals surface area contributed by atoms with Gasteiger partial charge in [0.25, 0.3) is 0 Å². The van der Waals surface area contributed by atoms with Crippen molar-refractivity contribution in [3.8, 4) is 0 Å². The Kier molecular flexibility index (Phi) is 23.5. The van der Waals surface area contributed by atoms with E-state index in [4.69, 9.17) is 17.2 Å². The van der Waals surface area contributed by atoms with Crippen LogP contribution in [0.4, 0.5) is 0 Å². The summed E-state index contributed by atoms with van der Waals surface area (Å²) in [7, 11) is 0. The molecule has 414 valence electrons. The van der Waals surface area contributed by atoms with Crippen molar-refractivity contribution in [2.45, 2.75) is 128 Å². The Balaban J connectivity index is 1.51. The number of H-pyrrole nitrogens is 2. The first-order chi connectivity index (χ1) is 36.9. The molecule has 3 heterocycles. The first-order valence-corrected chi connectivity index (χ1v) is 26.1. The maximum absolute atomic E-state index is 14.8. The van der Waals surface area contributed by atoms with E-state index >= 15 is 0 Å². The summed E-state index contributed by atoms with van der Waals surface area (Å²) in [5, 5.41) is 17.0. The lowest BCUT2D eigenvalue weighted by Gasteiger charge is -2.27. The van der Waals surface area contributed by atoms with Crippen LogP contribution in [-0.4, -0.2) is 123 Å². The molecule has 0 spiro atoms. The third-order valence-corrected chi connectivity index (χ3v) is 13.5. The third kappa shape index (κ3) is 19.8. The van der Waals surface area contributed by atoms with Crippen molar-refractivity contribution in [1.82, 2.24) is 46.9 Å². The molecule has 7 amide bonds. The molecule has 4 aromatic rings. The predicted octanol–water partition coefficient (Wildman–Crippen LogP) is 0.750. The Hall–Kier alpha value is -8.24. The number of nitrogens with zero attached hydrogens (tertiary/aromatic N) is 2. The smallest absolute Gasteiger partial charge is 0.243 e. The van der Waals surface area contributed by atoms with E-state index in [1.165, 1.54) is 19.4 Å². The molecule has 0 aliphatic carbocycles. The van der Waals surface area contributed by atoms with Crippen LogP contribution in [-0.2, 0) is 67.2 Å². The van der Waals surface area contributed by atoms with Crippen LogP contribution in [0, 0.1) is 17.8 Å². The first-order valence-electron chi connectivity index (χ1n) is 26.1. The number of nitrogens with two attached hydrogens (primary N) is 3. The van der Waals surface area contributed by atoms with Gasteiger partial charge in [0, 0.05) is 112 Å². The Bertz CT molecular complexity index is 2700. The Labute approximate surface area is 446 Å². The van der Waals surface area contributed by atoms with Crippen molar-refractivity contribution >= 4 is 75.6 Å². The molecule has 0 saturated carbocycles. The lowest BCUT2D eigenvalue weighted by molar-refractivity contribution is -0.135. The van der Waals surface area contributed by atoms with Crippen molar-refractivity contribution in [2.75, 3.05) is 19.6 Å². The fourth-order valence-electron chi connectivity index (χ4n) is 9.19. The topological polar surface area (TPSA) is 378 Å². The number of aromatic amines is 2. The summed E-state index contributed by atoms with van der Waals surface area (Å²) in [6, 6.07) is 11.2. The van der Waals surface area contributed by atoms with Gasteiger partial charge in [-0.15, -0.1) is 0 Å². The minimum Gasteiger partial charge on any atom is -0.370 e. The number of unbranched alkanes of at least 4 members (excludes halogenated alkanes) is 1. The van der Waals surface area contributed by atoms with E-state index in [-0.39, 0.29) is 89.8 Å². The molecule has 23 nitrogen and oxygen atoms in total. The number of hydrogen-bond acceptors (Lipinski definition) is 12. The number of primary amides is 1. The predicted molar refractivity (Wildman–Crippen MR) is 286 cm³/mol. The third-order valence-electron chi connectivity index (χ3n) is 13.5. The van der Waals surface area contributed by atoms with E-state index in [1.807, 2.05) is 31.2 Å². The molecule has 23 heteroatoms. The lowest BCUT2D eigenvalue weighted by atomic mass is 9.82. The zero-order chi connectivity index (χ0) is 55.9. The number of carbonyl (C=O) groups excluding carboxylic acids is 10. The van der Waals surface area contributed by atoms with Crippen molar-refractivity contribution in [3.05, 3.63) is 90.1 Å². The summed E-state index contributed by atoms with van der Waals surface area (Å²) >= 11 is 0. The minimum absolute atomic E-state index is 0.0379. The quantitative estimate of drug-likeness (QED) is 0.0331. The molecule has 7 atom stereocenters. The zero-order valence-electron chi connectivity index (χ0n) is 43.7. The van der Waals surface area contributed by atoms with Gasteiger partial charge in [-0.2, -0.15) is 0 Å². The van der Waals surface area contributed by atoms with Crippen LogP contribution in [0.25, 0.3) is 10.9 Å². The number of imidazole rings is 1. The number of guanidine groups is 1. The van der Waals surface area contributed by atoms with Crippen LogP contribution < -0.4 is 49.1 Å². The standard InChI is InChI=1S/C54H73N13O10/c1-3-4-15-41(64-32(2)68)51(75)65-42-19-21-59-48(72)17-18-49(73)62-29-37(46(70)25-35(50(55)74)23-36-28-61-40-16-9-8-14-39(36)40)26-45(69)34(13-10-20-60-54(56)57)24-47(71)43(22-33-11-6-5-7-12-33)66-53(77)44(67-52(42)76)27-38-30-58-31-63-38/h5-9,11-12,14,16,28,30-31,34-35,37,41-44,61H,3-4,10,13,15,17-27,29H2,1-2H3,(H2,55,74)(H,58,63)(H,59,72)(H,62,73)(H,64,68)(H,65,75)(H,66,77)(H,67,76)(H4,56,57,60)/t34-,35-,37+,41+,42+,43-,44+/m1/s1. The Morgan fingerprint density at radius 2 is 1.53 bits per heavy atom. The number of hydrogen-bond donors (Lipinski definition) is 11. The maximum atomic E-state index is 14.8. The second kappa shape index (κ2) is 30.3. The van der Waals surface area contributed by atoms with E-state index in [1.54, 1.807) is 36.5 Å². The van der Waals surface area contributed by atoms with Gasteiger partial charge in [-0.25, -0.2) is 4.98 Å². The fourth-order valence-corrected chi connectivity index (χ4v) is 9.19. The SMILES string of the molecule is CCCC[C@H](NC(C)=O)C(=O)N[C@H]1CCNC(=O)CCC(=O)NC[C@@H](C(=O)C[C@@H](Cc2c[nH]c3ccccc23)C(N)=O)CC(=O)[C@H](CCCN=C(N)N)CC(=O)[C@@H](Cc2ccccc2)NC(=O)[C@H](Cc2cnc[nH]2)NC1=O. The average Bonchev–Trinajstić information content (AvgIpc) is 4.07. The lowest BCUT2D eigenvalue weighted by Crippen LogP contribution is -2.58. The number of nitrogens with one attached hydrogen (secondary N) is 8. The molecule has 0 bridgehead atoms. The van der Waals surface area contributed by atoms with E-state index in [9.17, 15) is 47.9 Å². The van der Waals surface area contributed by atoms with Gasteiger partial charge >= 0.3 is 0 Å². The summed E-state index contributed by atoms with van der Waals surface area (Å²) in [5.74, 6) is -9.85. The highest BCUT2D eigenvalue weighted by Crippen LogP contribution is 2.26. The molecule has 2 aromatic carbocycles. The summed E-state index contributed by atoms with van der Waals surface area (Å²) < 4.78 is 0. The van der Waals surface area contributed by atoms with Crippen LogP contribution >= 0.6 is 0 Å². The van der Waals surface area contributed by atoms with Crippen molar-refractivity contribution in [1.29, 1.82) is 0 Å². The number of aliphatic imine (C=N–C) groups is 1. The van der Waals surface area contributed by atoms with E-state index < -0.39 is 113 Å². The second-order valence-electron chi connectivity index (χ2n) is 19.5. The van der Waals surface area contributed by atoms with Gasteiger partial charge in [-0.05, 0) is 55.7 Å². The molecule has 14 N–H and O–H groups in total. The van der Waals surface area contributed by atoms with Gasteiger partial charge in [-0.3, -0.25) is 52.9 Å². The van der Waals surface area contributed by atoms with Crippen LogP contribution in [0.5, 0.6) is 0 Å². The zero-order valence-corrected chi connectivity index (χ0v) is 43.7. The number of Topliss-reactive ketones (excluding diaryl/α,β-unsaturated/α-hetero) is 3. The summed E-state index contributed by atoms with van der Waals surface area (Å²) in [4.78, 5) is 153. The number of ketones is 3. The molecule has 77 heavy (non-hydrogen) atoms. The molecule has 0 radical (unpaired) electrons. The van der Waals surface area contributed by atoms with E-state index in [0.29, 0.717) is 24.1 Å². The maximum Gasteiger partial charge on any atom is 0.243 e. The van der Waals surface area contributed by atoms with Crippen LogP contribution in [0.1, 0.15) is 101 Å². The highest BCUT2D eigenvalue weighted by Gasteiger charge is 2.35. The average molecular weight is 1060 g/mol. The van der Waals surface area contributed by atoms with E-state index in [0.717, 1.165) is 16.5 Å². The van der Waals surface area contributed by atoms with Gasteiger partial charge in [-0.1, -0.05) is 68.3 Å². The number of aromatic nitrogens is 3. The van der Waals surface area contributed by atoms with E-state index in [2.05, 4.69) is 51.8 Å². The first kappa shape index (κ1) is 59.6. The number of amides is 7. The molecular formula is C54H73N13O10. The number of fused-ring (bicyclic) bond motifs is 1. The van der Waals surface area contributed by atoms with Crippen molar-refractivity contribution < 1.29 is 47.9 Å². The molecule has 1 saturated heterocycles.